The van der Waals surface area contributed by atoms with Crippen molar-refractivity contribution < 1.29 is 67.7 Å². The first kappa shape index (κ1) is 59.6. The molecule has 0 spiro atoms. The van der Waals surface area contributed by atoms with Gasteiger partial charge >= 0.3 is 18.9 Å². The SMILES string of the molecule is CN1CCNCC1.Cc1nc(-c2nnc(-c3ccc(OC(F)(F)F)cc3)o2)nn1Cc1ccnc(C2CCC(C)CC2)c1.Cc1nc(-c2nnc(-c3ccc(OC(F)(F)F)cc3)o2)nn1Cc1ccnc(Cl)c1.O=C([O-])C(F)(F)F. The lowest BCUT2D eigenvalue weighted by atomic mass is 9.81. The molecule has 1 saturated carbocycles. The van der Waals surface area contributed by atoms with Crippen LogP contribution in [0.5, 0.6) is 11.5 Å². The lowest BCUT2D eigenvalue weighted by Gasteiger charge is -2.25. The van der Waals surface area contributed by atoms with E-state index < -0.39 is 24.9 Å². The minimum Gasteiger partial charge on any atom is -0.542 e. The van der Waals surface area contributed by atoms with E-state index in [1.165, 1.54) is 75.2 Å². The van der Waals surface area contributed by atoms with Crippen LogP contribution in [0.1, 0.15) is 67.0 Å². The van der Waals surface area contributed by atoms with E-state index in [4.69, 9.17) is 30.3 Å². The van der Waals surface area contributed by atoms with E-state index in [1.807, 2.05) is 25.3 Å². The second kappa shape index (κ2) is 26.3. The lowest BCUT2D eigenvalue weighted by Crippen LogP contribution is -2.40. The van der Waals surface area contributed by atoms with Gasteiger partial charge in [0.2, 0.25) is 23.4 Å². The van der Waals surface area contributed by atoms with E-state index in [9.17, 15) is 39.5 Å². The van der Waals surface area contributed by atoms with Crippen LogP contribution in [-0.4, -0.2) is 123 Å². The highest BCUT2D eigenvalue weighted by Gasteiger charge is 2.32. The zero-order chi connectivity index (χ0) is 57.8. The summed E-state index contributed by atoms with van der Waals surface area (Å²) in [4.78, 5) is 28.4. The van der Waals surface area contributed by atoms with Crippen molar-refractivity contribution in [2.75, 3.05) is 33.2 Å². The fourth-order valence-electron chi connectivity index (χ4n) is 7.81. The smallest absolute Gasteiger partial charge is 0.542 e. The maximum Gasteiger partial charge on any atom is 0.573 e. The summed E-state index contributed by atoms with van der Waals surface area (Å²) in [6.45, 7) is 11.6. The summed E-state index contributed by atoms with van der Waals surface area (Å²) in [5.41, 5.74) is 3.98. The molecule has 0 unspecified atom stereocenters. The fraction of sp³-hybridized carbons (Fsp3) is 0.380. The molecule has 2 aliphatic rings. The molecule has 0 radical (unpaired) electrons. The van der Waals surface area contributed by atoms with Crippen molar-refractivity contribution in [3.05, 3.63) is 119 Å². The van der Waals surface area contributed by atoms with E-state index in [2.05, 4.69) is 90.3 Å². The number of rotatable bonds is 11. The number of halogens is 10. The second-order valence-electron chi connectivity index (χ2n) is 18.1. The summed E-state index contributed by atoms with van der Waals surface area (Å²) in [6.07, 6.45) is -6.45. The molecule has 0 atom stereocenters. The third kappa shape index (κ3) is 18.0. The molecule has 1 aliphatic heterocycles. The summed E-state index contributed by atoms with van der Waals surface area (Å²) < 4.78 is 128. The van der Waals surface area contributed by atoms with Crippen molar-refractivity contribution >= 4 is 17.6 Å². The van der Waals surface area contributed by atoms with Gasteiger partial charge in [0.15, 0.2) is 0 Å². The van der Waals surface area contributed by atoms with Crippen molar-refractivity contribution in [2.45, 2.75) is 84.4 Å². The Balaban J connectivity index is 0.000000188. The van der Waals surface area contributed by atoms with Gasteiger partial charge in [0.1, 0.15) is 34.3 Å². The number of hydrogen-bond acceptors (Lipinski definition) is 18. The van der Waals surface area contributed by atoms with Gasteiger partial charge in [-0.05, 0) is 124 Å². The Kier molecular flexibility index (Phi) is 19.6. The number of piperazine rings is 1. The highest BCUT2D eigenvalue weighted by Crippen LogP contribution is 2.35. The molecule has 80 heavy (non-hydrogen) atoms. The monoisotopic (exact) mass is 1150 g/mol. The lowest BCUT2D eigenvalue weighted by molar-refractivity contribution is -0.344. The number of carbonyl (C=O) groups is 1. The predicted octanol–water partition coefficient (Wildman–Crippen LogP) is 9.06. The molecule has 0 amide bonds. The number of ether oxygens (including phenoxy) is 2. The normalized spacial score (nSPS) is 15.8. The van der Waals surface area contributed by atoms with Crippen molar-refractivity contribution in [1.29, 1.82) is 0 Å². The molecule has 8 aromatic rings. The topological polar surface area (TPSA) is 239 Å². The van der Waals surface area contributed by atoms with E-state index >= 15 is 0 Å². The van der Waals surface area contributed by atoms with Crippen molar-refractivity contribution in [3.63, 3.8) is 0 Å². The highest BCUT2D eigenvalue weighted by atomic mass is 35.5. The van der Waals surface area contributed by atoms with Crippen LogP contribution in [0.4, 0.5) is 39.5 Å². The Morgan fingerprint density at radius 3 is 1.49 bits per heavy atom. The number of pyridine rings is 2. The molecule has 7 heterocycles. The molecule has 426 valence electrons. The van der Waals surface area contributed by atoms with Crippen LogP contribution < -0.4 is 19.9 Å². The van der Waals surface area contributed by atoms with Crippen LogP contribution in [0.3, 0.4) is 0 Å². The van der Waals surface area contributed by atoms with E-state index in [1.54, 1.807) is 28.6 Å². The Morgan fingerprint density at radius 1 is 0.662 bits per heavy atom. The van der Waals surface area contributed by atoms with Crippen LogP contribution in [0, 0.1) is 19.8 Å². The first-order valence-electron chi connectivity index (χ1n) is 24.3. The van der Waals surface area contributed by atoms with Gasteiger partial charge in [-0.1, -0.05) is 31.4 Å². The standard InChI is InChI=1S/C25H25F3N6O2.C18H12ClF3N6O2.C5H12N2.C2HF3O2/c1-15-3-5-18(6-4-15)21-13-17(11-12-29-21)14-34-16(2)30-22(33-34)24-32-31-23(35-24)19-7-9-20(10-8-19)36-25(26,27)28;1-10-24-15(27-28(10)9-11-6-7-23-14(19)8-11)17-26-25-16(29-17)12-2-4-13(5-3-12)30-18(20,21)22;1-7-4-2-6-3-5-7;3-2(4,5)1(6)7/h7-13,15,18H,3-6,14H2,1-2H3;2-8H,9H2,1H3;6H,2-5H2,1H3;(H,6,7)/p-1. The second-order valence-corrected chi connectivity index (χ2v) is 18.5. The van der Waals surface area contributed by atoms with Crippen LogP contribution in [0.2, 0.25) is 5.15 Å². The number of carboxylic acid groups (broad SMARTS) is 1. The van der Waals surface area contributed by atoms with Crippen LogP contribution in [0.15, 0.2) is 94.0 Å². The average molecular weight is 1150 g/mol. The third-order valence-corrected chi connectivity index (χ3v) is 12.1. The number of aromatic nitrogens is 12. The summed E-state index contributed by atoms with van der Waals surface area (Å²) in [5, 5.41) is 37.2. The largest absolute Gasteiger partial charge is 0.573 e. The Bertz CT molecular complexity index is 3260. The van der Waals surface area contributed by atoms with Gasteiger partial charge in [-0.3, -0.25) is 4.98 Å². The van der Waals surface area contributed by atoms with Gasteiger partial charge in [0.05, 0.1) is 13.1 Å². The van der Waals surface area contributed by atoms with E-state index in [0.29, 0.717) is 46.9 Å². The molecule has 2 aromatic carbocycles. The number of likely N-dealkylation sites (N-methyl/N-ethyl adjacent to an activating group) is 1. The van der Waals surface area contributed by atoms with Crippen molar-refractivity contribution in [3.8, 4) is 57.8 Å². The van der Waals surface area contributed by atoms with Gasteiger partial charge in [-0.2, -0.15) is 13.2 Å². The van der Waals surface area contributed by atoms with Crippen molar-refractivity contribution in [1.82, 2.24) is 70.1 Å². The molecule has 30 heteroatoms. The number of nitrogens with one attached hydrogen (secondary N) is 1. The number of aryl methyl sites for hydroxylation is 2. The Hall–Kier alpha value is -8.05. The predicted molar refractivity (Wildman–Crippen MR) is 264 cm³/mol. The molecule has 2 fully saturated rings. The summed E-state index contributed by atoms with van der Waals surface area (Å²) in [5.74, 6) is -0.156. The van der Waals surface area contributed by atoms with E-state index in [0.717, 1.165) is 48.0 Å². The molecule has 0 bridgehead atoms. The summed E-state index contributed by atoms with van der Waals surface area (Å²) >= 11 is 5.90. The molecule has 20 nitrogen and oxygen atoms in total. The number of carbonyl (C=O) groups excluding carboxylic acids is 1. The number of nitrogens with zero attached hydrogens (tertiary/aromatic N) is 13. The van der Waals surface area contributed by atoms with Gasteiger partial charge in [-0.25, -0.2) is 24.3 Å². The molecular formula is C50H49ClF9N14O6-. The molecular weight excluding hydrogens is 1100 g/mol. The Morgan fingerprint density at radius 2 is 1.09 bits per heavy atom. The molecule has 1 N–H and O–H groups in total. The average Bonchev–Trinajstić information content (AvgIpc) is 4.30. The summed E-state index contributed by atoms with van der Waals surface area (Å²) in [7, 11) is 2.15. The fourth-order valence-corrected chi connectivity index (χ4v) is 8.01. The number of aliphatic carboxylic acids is 1. The summed E-state index contributed by atoms with van der Waals surface area (Å²) in [6, 6.07) is 17.9. The number of benzene rings is 2. The van der Waals surface area contributed by atoms with Crippen LogP contribution in [0.25, 0.3) is 46.3 Å². The number of hydrogen-bond donors (Lipinski definition) is 1. The molecule has 1 aliphatic carbocycles. The van der Waals surface area contributed by atoms with Gasteiger partial charge in [-0.15, -0.1) is 56.9 Å². The molecule has 10 rings (SSSR count). The third-order valence-electron chi connectivity index (χ3n) is 11.9. The van der Waals surface area contributed by atoms with Crippen LogP contribution in [-0.2, 0) is 17.9 Å². The maximum absolute atomic E-state index is 12.4. The van der Waals surface area contributed by atoms with Gasteiger partial charge in [0.25, 0.3) is 11.8 Å². The minimum atomic E-state index is -5.19. The van der Waals surface area contributed by atoms with Gasteiger partial charge in [0, 0.05) is 61.3 Å². The minimum absolute atomic E-state index is 0.0789. The molecule has 1 saturated heterocycles. The number of carboxylic acids is 1. The van der Waals surface area contributed by atoms with Crippen molar-refractivity contribution in [2.24, 2.45) is 5.92 Å². The zero-order valence-electron chi connectivity index (χ0n) is 42.9. The maximum atomic E-state index is 12.4. The Labute approximate surface area is 454 Å². The van der Waals surface area contributed by atoms with E-state index in [-0.39, 0.29) is 46.7 Å². The first-order chi connectivity index (χ1) is 37.8. The first-order valence-corrected chi connectivity index (χ1v) is 24.7. The highest BCUT2D eigenvalue weighted by molar-refractivity contribution is 6.29. The quantitative estimate of drug-likeness (QED) is 0.0938. The van der Waals surface area contributed by atoms with Gasteiger partial charge < -0.3 is 38.4 Å². The van der Waals surface area contributed by atoms with Crippen LogP contribution >= 0.6 is 11.6 Å². The molecule has 6 aromatic heterocycles. The number of alkyl halides is 9. The zero-order valence-corrected chi connectivity index (χ0v) is 43.6.